The number of hydrogen-bond donors (Lipinski definition) is 1. The molecule has 0 bridgehead atoms. The van der Waals surface area contributed by atoms with Crippen LogP contribution in [0.4, 0.5) is 5.69 Å². The second-order valence-corrected chi connectivity index (χ2v) is 8.07. The Kier molecular flexibility index (Phi) is 4.30. The van der Waals surface area contributed by atoms with Crippen molar-refractivity contribution in [2.75, 3.05) is 16.8 Å². The van der Waals surface area contributed by atoms with Crippen LogP contribution in [0.25, 0.3) is 0 Å². The smallest absolute Gasteiger partial charge is 0.224 e. The lowest BCUT2D eigenvalue weighted by atomic mass is 10.0. The molecule has 0 spiro atoms. The average Bonchev–Trinajstić information content (AvgIpc) is 2.63. The van der Waals surface area contributed by atoms with Crippen molar-refractivity contribution in [1.82, 2.24) is 0 Å². The summed E-state index contributed by atoms with van der Waals surface area (Å²) in [5, 5.41) is 2.81. The summed E-state index contributed by atoms with van der Waals surface area (Å²) >= 11 is 3.40. The lowest BCUT2D eigenvalue weighted by Crippen LogP contribution is -2.17. The van der Waals surface area contributed by atoms with Crippen molar-refractivity contribution < 1.29 is 13.2 Å². The van der Waals surface area contributed by atoms with Crippen LogP contribution < -0.4 is 5.32 Å². The highest BCUT2D eigenvalue weighted by molar-refractivity contribution is 9.10. The Hall–Kier alpha value is -0.880. The minimum atomic E-state index is -2.91. The quantitative estimate of drug-likeness (QED) is 0.915. The van der Waals surface area contributed by atoms with Crippen molar-refractivity contribution in [3.63, 3.8) is 0 Å². The van der Waals surface area contributed by atoms with Crippen molar-refractivity contribution in [1.29, 1.82) is 0 Å². The molecule has 0 radical (unpaired) electrons. The standard InChI is InChI=1S/C13H16BrNO3S/c1-9-6-11(2-3-12(9)14)15-13(16)7-10-4-5-19(17,18)8-10/h2-3,6,10H,4-5,7-8H2,1H3,(H,15,16). The van der Waals surface area contributed by atoms with Gasteiger partial charge in [0, 0.05) is 16.6 Å². The van der Waals surface area contributed by atoms with Gasteiger partial charge in [-0.2, -0.15) is 0 Å². The van der Waals surface area contributed by atoms with Crippen molar-refractivity contribution in [3.8, 4) is 0 Å². The molecular formula is C13H16BrNO3S. The van der Waals surface area contributed by atoms with Gasteiger partial charge in [-0.15, -0.1) is 0 Å². The number of carbonyl (C=O) groups excluding carboxylic acids is 1. The molecule has 1 aromatic carbocycles. The maximum absolute atomic E-state index is 11.9. The van der Waals surface area contributed by atoms with Gasteiger partial charge in [0.2, 0.25) is 5.91 Å². The van der Waals surface area contributed by atoms with Crippen LogP contribution in [0, 0.1) is 12.8 Å². The second kappa shape index (κ2) is 5.63. The molecule has 0 aromatic heterocycles. The molecule has 1 unspecified atom stereocenters. The summed E-state index contributed by atoms with van der Waals surface area (Å²) in [5.74, 6) is 0.188. The molecule has 0 saturated carbocycles. The number of rotatable bonds is 3. The van der Waals surface area contributed by atoms with E-state index in [-0.39, 0.29) is 29.8 Å². The van der Waals surface area contributed by atoms with E-state index in [2.05, 4.69) is 21.2 Å². The molecule has 1 aliphatic heterocycles. The van der Waals surface area contributed by atoms with Crippen LogP contribution >= 0.6 is 15.9 Å². The Labute approximate surface area is 121 Å². The van der Waals surface area contributed by atoms with Gasteiger partial charge in [-0.1, -0.05) is 15.9 Å². The highest BCUT2D eigenvalue weighted by Gasteiger charge is 2.29. The molecule has 1 saturated heterocycles. The topological polar surface area (TPSA) is 63.2 Å². The summed E-state index contributed by atoms with van der Waals surface area (Å²) in [4.78, 5) is 11.9. The van der Waals surface area contributed by atoms with Gasteiger partial charge >= 0.3 is 0 Å². The lowest BCUT2D eigenvalue weighted by Gasteiger charge is -2.09. The van der Waals surface area contributed by atoms with Crippen LogP contribution in [0.5, 0.6) is 0 Å². The molecule has 1 aromatic rings. The van der Waals surface area contributed by atoms with E-state index in [1.165, 1.54) is 0 Å². The highest BCUT2D eigenvalue weighted by Crippen LogP contribution is 2.23. The zero-order valence-electron chi connectivity index (χ0n) is 10.6. The van der Waals surface area contributed by atoms with Crippen molar-refractivity contribution >= 4 is 37.4 Å². The Morgan fingerprint density at radius 2 is 2.21 bits per heavy atom. The summed E-state index contributed by atoms with van der Waals surface area (Å²) in [6.45, 7) is 1.95. The average molecular weight is 346 g/mol. The van der Waals surface area contributed by atoms with E-state index >= 15 is 0 Å². The predicted octanol–water partition coefficient (Wildman–Crippen LogP) is 2.52. The number of hydrogen-bond acceptors (Lipinski definition) is 3. The number of aryl methyl sites for hydroxylation is 1. The first-order valence-corrected chi connectivity index (χ1v) is 8.73. The molecule has 0 aliphatic carbocycles. The van der Waals surface area contributed by atoms with Crippen LogP contribution in [0.3, 0.4) is 0 Å². The highest BCUT2D eigenvalue weighted by atomic mass is 79.9. The molecular weight excluding hydrogens is 330 g/mol. The summed E-state index contributed by atoms with van der Waals surface area (Å²) in [6, 6.07) is 5.58. The molecule has 1 amide bonds. The Balaban J connectivity index is 1.93. The minimum absolute atomic E-state index is 0.0402. The second-order valence-electron chi connectivity index (χ2n) is 4.99. The van der Waals surface area contributed by atoms with Gasteiger partial charge in [0.1, 0.15) is 0 Å². The molecule has 104 valence electrons. The summed E-state index contributed by atoms with van der Waals surface area (Å²) < 4.78 is 23.6. The van der Waals surface area contributed by atoms with Gasteiger partial charge in [-0.05, 0) is 43.0 Å². The van der Waals surface area contributed by atoms with E-state index in [4.69, 9.17) is 0 Å². The number of anilines is 1. The number of nitrogens with one attached hydrogen (secondary N) is 1. The Morgan fingerprint density at radius 3 is 2.79 bits per heavy atom. The van der Waals surface area contributed by atoms with Gasteiger partial charge < -0.3 is 5.32 Å². The number of sulfone groups is 1. The van der Waals surface area contributed by atoms with E-state index in [1.54, 1.807) is 0 Å². The van der Waals surface area contributed by atoms with Gasteiger partial charge in [-0.25, -0.2) is 8.42 Å². The van der Waals surface area contributed by atoms with Crippen molar-refractivity contribution in [2.24, 2.45) is 5.92 Å². The monoisotopic (exact) mass is 345 g/mol. The fourth-order valence-electron chi connectivity index (χ4n) is 2.23. The van der Waals surface area contributed by atoms with E-state index in [9.17, 15) is 13.2 Å². The molecule has 4 nitrogen and oxygen atoms in total. The third-order valence-corrected chi connectivity index (χ3v) is 5.97. The Morgan fingerprint density at radius 1 is 1.47 bits per heavy atom. The molecule has 2 rings (SSSR count). The van der Waals surface area contributed by atoms with E-state index < -0.39 is 9.84 Å². The number of amides is 1. The van der Waals surface area contributed by atoms with Gasteiger partial charge in [0.05, 0.1) is 11.5 Å². The Bertz CT molecular complexity index is 598. The molecule has 1 atom stereocenters. The summed E-state index contributed by atoms with van der Waals surface area (Å²) in [5.41, 5.74) is 1.78. The molecule has 19 heavy (non-hydrogen) atoms. The molecule has 1 aliphatic rings. The summed E-state index contributed by atoms with van der Waals surface area (Å²) in [6.07, 6.45) is 0.865. The lowest BCUT2D eigenvalue weighted by molar-refractivity contribution is -0.116. The van der Waals surface area contributed by atoms with Crippen molar-refractivity contribution in [3.05, 3.63) is 28.2 Å². The predicted molar refractivity (Wildman–Crippen MR) is 78.9 cm³/mol. The van der Waals surface area contributed by atoms with E-state index in [0.717, 1.165) is 15.7 Å². The zero-order valence-corrected chi connectivity index (χ0v) is 13.1. The maximum atomic E-state index is 11.9. The summed E-state index contributed by atoms with van der Waals surface area (Å²) in [7, 11) is -2.91. The molecule has 1 N–H and O–H groups in total. The van der Waals surface area contributed by atoms with Gasteiger partial charge in [0.25, 0.3) is 0 Å². The fraction of sp³-hybridized carbons (Fsp3) is 0.462. The van der Waals surface area contributed by atoms with E-state index in [1.807, 2.05) is 25.1 Å². The number of carbonyl (C=O) groups is 1. The van der Waals surface area contributed by atoms with Gasteiger partial charge in [0.15, 0.2) is 9.84 Å². The van der Waals surface area contributed by atoms with Crippen LogP contribution in [0.15, 0.2) is 22.7 Å². The maximum Gasteiger partial charge on any atom is 0.224 e. The third-order valence-electron chi connectivity index (χ3n) is 3.24. The number of halogens is 1. The largest absolute Gasteiger partial charge is 0.326 e. The van der Waals surface area contributed by atoms with Crippen LogP contribution in [-0.2, 0) is 14.6 Å². The molecule has 1 heterocycles. The first-order valence-electron chi connectivity index (χ1n) is 6.12. The first kappa shape index (κ1) is 14.5. The zero-order chi connectivity index (χ0) is 14.0. The van der Waals surface area contributed by atoms with Gasteiger partial charge in [-0.3, -0.25) is 4.79 Å². The third kappa shape index (κ3) is 4.04. The first-order chi connectivity index (χ1) is 8.85. The molecule has 6 heteroatoms. The van der Waals surface area contributed by atoms with Crippen LogP contribution in [0.1, 0.15) is 18.4 Å². The van der Waals surface area contributed by atoms with Crippen LogP contribution in [-0.4, -0.2) is 25.8 Å². The number of benzene rings is 1. The van der Waals surface area contributed by atoms with E-state index in [0.29, 0.717) is 6.42 Å². The minimum Gasteiger partial charge on any atom is -0.326 e. The molecule has 1 fully saturated rings. The van der Waals surface area contributed by atoms with Crippen molar-refractivity contribution in [2.45, 2.75) is 19.8 Å². The SMILES string of the molecule is Cc1cc(NC(=O)CC2CCS(=O)(=O)C2)ccc1Br. The van der Waals surface area contributed by atoms with Crippen LogP contribution in [0.2, 0.25) is 0 Å². The fourth-order valence-corrected chi connectivity index (χ4v) is 4.34. The normalized spacial score (nSPS) is 21.3.